The number of guanidine groups is 1. The Kier molecular flexibility index (Phi) is 12.2. The first-order chi connectivity index (χ1) is 12.5. The van der Waals surface area contributed by atoms with Gasteiger partial charge in [0.1, 0.15) is 0 Å². The minimum Gasteiger partial charge on any atom is -0.381 e. The molecule has 2 saturated heterocycles. The predicted octanol–water partition coefficient (Wildman–Crippen LogP) is 3.20. The summed E-state index contributed by atoms with van der Waals surface area (Å²) in [7, 11) is 1.83. The molecule has 7 heteroatoms. The average Bonchev–Trinajstić information content (AvgIpc) is 2.64. The monoisotopic (exact) mass is 497 g/mol. The normalized spacial score (nSPS) is 25.0. The Balaban J connectivity index is 0.00000364. The summed E-state index contributed by atoms with van der Waals surface area (Å²) in [5.41, 5.74) is 0.172. The van der Waals surface area contributed by atoms with Crippen LogP contribution < -0.4 is 10.6 Å². The van der Waals surface area contributed by atoms with E-state index in [1.54, 1.807) is 0 Å². The van der Waals surface area contributed by atoms with Crippen molar-refractivity contribution in [1.29, 1.82) is 0 Å². The van der Waals surface area contributed by atoms with Gasteiger partial charge in [-0.1, -0.05) is 20.8 Å². The first-order valence-corrected chi connectivity index (χ1v) is 10.3. The van der Waals surface area contributed by atoms with Crippen molar-refractivity contribution in [3.05, 3.63) is 0 Å². The molecule has 0 aromatic rings. The molecule has 0 aromatic carbocycles. The highest BCUT2D eigenvalue weighted by atomic mass is 127. The Morgan fingerprint density at radius 1 is 1.11 bits per heavy atom. The molecule has 2 rings (SSSR count). The molecule has 2 N–H and O–H groups in total. The summed E-state index contributed by atoms with van der Waals surface area (Å²) < 4.78 is 17.3. The zero-order valence-corrected chi connectivity index (χ0v) is 19.9. The number of halogens is 1. The van der Waals surface area contributed by atoms with Crippen molar-refractivity contribution >= 4 is 29.9 Å². The van der Waals surface area contributed by atoms with E-state index in [9.17, 15) is 0 Å². The molecule has 0 aliphatic carbocycles. The van der Waals surface area contributed by atoms with E-state index in [4.69, 9.17) is 14.2 Å². The Hall–Kier alpha value is -0.120. The first-order valence-electron chi connectivity index (χ1n) is 10.3. The van der Waals surface area contributed by atoms with Gasteiger partial charge in [0.2, 0.25) is 0 Å². The van der Waals surface area contributed by atoms with Crippen LogP contribution in [0.4, 0.5) is 0 Å². The van der Waals surface area contributed by atoms with Crippen LogP contribution in [-0.4, -0.2) is 64.7 Å². The van der Waals surface area contributed by atoms with Gasteiger partial charge in [-0.2, -0.15) is 0 Å². The van der Waals surface area contributed by atoms with E-state index in [2.05, 4.69) is 36.4 Å². The van der Waals surface area contributed by atoms with Gasteiger partial charge in [0.05, 0.1) is 12.2 Å². The van der Waals surface area contributed by atoms with Crippen LogP contribution in [0.1, 0.15) is 52.9 Å². The van der Waals surface area contributed by atoms with E-state index in [0.717, 1.165) is 71.2 Å². The van der Waals surface area contributed by atoms with Gasteiger partial charge in [-0.25, -0.2) is 0 Å². The Bertz CT molecular complexity index is 423. The third-order valence-corrected chi connectivity index (χ3v) is 5.19. The summed E-state index contributed by atoms with van der Waals surface area (Å²) >= 11 is 0. The van der Waals surface area contributed by atoms with Crippen LogP contribution in [0.25, 0.3) is 0 Å². The molecule has 0 aromatic heterocycles. The lowest BCUT2D eigenvalue weighted by Crippen LogP contribution is -2.47. The van der Waals surface area contributed by atoms with Gasteiger partial charge in [0, 0.05) is 52.5 Å². The highest BCUT2D eigenvalue weighted by molar-refractivity contribution is 14.0. The van der Waals surface area contributed by atoms with Crippen molar-refractivity contribution in [2.75, 3.05) is 46.6 Å². The molecule has 0 bridgehead atoms. The maximum Gasteiger partial charge on any atom is 0.190 e. The van der Waals surface area contributed by atoms with Gasteiger partial charge in [0.25, 0.3) is 0 Å². The molecule has 6 nitrogen and oxygen atoms in total. The molecule has 2 unspecified atom stereocenters. The molecule has 0 spiro atoms. The highest BCUT2D eigenvalue weighted by Gasteiger charge is 2.35. The maximum absolute atomic E-state index is 6.07. The third kappa shape index (κ3) is 9.28. The maximum atomic E-state index is 6.07. The molecule has 160 valence electrons. The van der Waals surface area contributed by atoms with Gasteiger partial charge in [-0.05, 0) is 37.5 Å². The van der Waals surface area contributed by atoms with Gasteiger partial charge in [0.15, 0.2) is 5.96 Å². The smallest absolute Gasteiger partial charge is 0.190 e. The van der Waals surface area contributed by atoms with Crippen molar-refractivity contribution in [3.63, 3.8) is 0 Å². The average molecular weight is 497 g/mol. The quantitative estimate of drug-likeness (QED) is 0.245. The number of hydrogen-bond acceptors (Lipinski definition) is 4. The summed E-state index contributed by atoms with van der Waals surface area (Å²) in [4.78, 5) is 4.34. The standard InChI is InChI=1S/C20H39N3O3.HI/c1-20(2,3)18-16(7-5-11-26-18)15-23-19(21-4)22-10-6-12-25-17-8-13-24-14-9-17;/h16-18H,5-15H2,1-4H3,(H2,21,22,23);1H. The second kappa shape index (κ2) is 13.2. The summed E-state index contributed by atoms with van der Waals surface area (Å²) in [6.45, 7) is 11.9. The van der Waals surface area contributed by atoms with Crippen molar-refractivity contribution in [1.82, 2.24) is 10.6 Å². The van der Waals surface area contributed by atoms with Crippen molar-refractivity contribution in [2.45, 2.75) is 65.1 Å². The van der Waals surface area contributed by atoms with E-state index in [1.807, 2.05) is 7.05 Å². The lowest BCUT2D eigenvalue weighted by Gasteiger charge is -2.40. The topological polar surface area (TPSA) is 64.1 Å². The second-order valence-electron chi connectivity index (χ2n) is 8.48. The van der Waals surface area contributed by atoms with Crippen LogP contribution in [0.2, 0.25) is 0 Å². The van der Waals surface area contributed by atoms with Crippen LogP contribution >= 0.6 is 24.0 Å². The minimum atomic E-state index is 0. The molecule has 27 heavy (non-hydrogen) atoms. The minimum absolute atomic E-state index is 0. The lowest BCUT2D eigenvalue weighted by molar-refractivity contribution is -0.0835. The molecule has 2 aliphatic heterocycles. The Morgan fingerprint density at radius 3 is 2.52 bits per heavy atom. The molecular weight excluding hydrogens is 457 g/mol. The number of hydrogen-bond donors (Lipinski definition) is 2. The van der Waals surface area contributed by atoms with Crippen molar-refractivity contribution < 1.29 is 14.2 Å². The predicted molar refractivity (Wildman–Crippen MR) is 121 cm³/mol. The van der Waals surface area contributed by atoms with Gasteiger partial charge >= 0.3 is 0 Å². The fourth-order valence-electron chi connectivity index (χ4n) is 3.83. The number of nitrogens with zero attached hydrogens (tertiary/aromatic N) is 1. The van der Waals surface area contributed by atoms with E-state index in [0.29, 0.717) is 18.1 Å². The molecule has 0 radical (unpaired) electrons. The molecular formula is C20H40IN3O3. The summed E-state index contributed by atoms with van der Waals surface area (Å²) in [5.74, 6) is 1.40. The third-order valence-electron chi connectivity index (χ3n) is 5.19. The Morgan fingerprint density at radius 2 is 1.85 bits per heavy atom. The molecule has 0 saturated carbocycles. The summed E-state index contributed by atoms with van der Waals surface area (Å²) in [6, 6.07) is 0. The second-order valence-corrected chi connectivity index (χ2v) is 8.48. The van der Waals surface area contributed by atoms with Crippen LogP contribution in [0.3, 0.4) is 0 Å². The van der Waals surface area contributed by atoms with Crippen molar-refractivity contribution in [3.8, 4) is 0 Å². The molecule has 2 aliphatic rings. The SMILES string of the molecule is CN=C(NCCCOC1CCOCC1)NCC1CCCOC1C(C)(C)C.I. The highest BCUT2D eigenvalue weighted by Crippen LogP contribution is 2.33. The summed E-state index contributed by atoms with van der Waals surface area (Å²) in [6.07, 6.45) is 6.06. The van der Waals surface area contributed by atoms with Crippen LogP contribution in [0, 0.1) is 11.3 Å². The van der Waals surface area contributed by atoms with Gasteiger partial charge in [-0.15, -0.1) is 24.0 Å². The number of nitrogens with one attached hydrogen (secondary N) is 2. The first kappa shape index (κ1) is 24.9. The zero-order valence-electron chi connectivity index (χ0n) is 17.6. The van der Waals surface area contributed by atoms with Gasteiger partial charge < -0.3 is 24.8 Å². The van der Waals surface area contributed by atoms with E-state index >= 15 is 0 Å². The van der Waals surface area contributed by atoms with Crippen LogP contribution in [0.5, 0.6) is 0 Å². The van der Waals surface area contributed by atoms with Crippen molar-refractivity contribution in [2.24, 2.45) is 16.3 Å². The molecule has 2 heterocycles. The van der Waals surface area contributed by atoms with E-state index in [1.165, 1.54) is 6.42 Å². The Labute approximate surface area is 182 Å². The van der Waals surface area contributed by atoms with Gasteiger partial charge in [-0.3, -0.25) is 4.99 Å². The number of aliphatic imine (C=N–C) groups is 1. The van der Waals surface area contributed by atoms with E-state index in [-0.39, 0.29) is 29.4 Å². The molecule has 2 fully saturated rings. The number of rotatable bonds is 7. The molecule has 2 atom stereocenters. The fourth-order valence-corrected chi connectivity index (χ4v) is 3.83. The fraction of sp³-hybridized carbons (Fsp3) is 0.950. The molecule has 0 amide bonds. The largest absolute Gasteiger partial charge is 0.381 e. The van der Waals surface area contributed by atoms with Crippen LogP contribution in [0.15, 0.2) is 4.99 Å². The van der Waals surface area contributed by atoms with E-state index < -0.39 is 0 Å². The number of ether oxygens (including phenoxy) is 3. The summed E-state index contributed by atoms with van der Waals surface area (Å²) in [5, 5.41) is 6.88. The lowest BCUT2D eigenvalue weighted by atomic mass is 9.78. The zero-order chi connectivity index (χ0) is 18.8. The van der Waals surface area contributed by atoms with Crippen LogP contribution in [-0.2, 0) is 14.2 Å².